The van der Waals surface area contributed by atoms with Crippen LogP contribution >= 0.6 is 0 Å². The standard InChI is InChI=1S/C18H35N/c1-13(2)14-11-15(3,4)16(5,6)12-19-18(9,10)17(14,7)8/h14,19H,1,11-12H2,2-10H3. The first kappa shape index (κ1) is 16.8. The van der Waals surface area contributed by atoms with Crippen LogP contribution in [0, 0.1) is 22.2 Å². The van der Waals surface area contributed by atoms with Gasteiger partial charge >= 0.3 is 0 Å². The van der Waals surface area contributed by atoms with E-state index < -0.39 is 0 Å². The number of hydrogen-bond acceptors (Lipinski definition) is 1. The van der Waals surface area contributed by atoms with Crippen molar-refractivity contribution in [2.75, 3.05) is 6.54 Å². The third-order valence-electron chi connectivity index (χ3n) is 6.60. The van der Waals surface area contributed by atoms with Crippen LogP contribution in [0.1, 0.15) is 68.7 Å². The fourth-order valence-corrected chi connectivity index (χ4v) is 3.18. The molecule has 1 N–H and O–H groups in total. The fraction of sp³-hybridized carbons (Fsp3) is 0.889. The van der Waals surface area contributed by atoms with Crippen molar-refractivity contribution in [2.45, 2.75) is 74.3 Å². The van der Waals surface area contributed by atoms with Crippen molar-refractivity contribution in [1.29, 1.82) is 0 Å². The maximum atomic E-state index is 4.30. The van der Waals surface area contributed by atoms with E-state index in [9.17, 15) is 0 Å². The maximum Gasteiger partial charge on any atom is 0.0182 e. The van der Waals surface area contributed by atoms with Crippen LogP contribution in [-0.4, -0.2) is 12.1 Å². The van der Waals surface area contributed by atoms with Crippen LogP contribution in [0.4, 0.5) is 0 Å². The zero-order valence-electron chi connectivity index (χ0n) is 14.7. The Morgan fingerprint density at radius 1 is 0.947 bits per heavy atom. The molecule has 0 amide bonds. The number of allylic oxidation sites excluding steroid dienone is 1. The summed E-state index contributed by atoms with van der Waals surface area (Å²) in [6.45, 7) is 26.7. The molecular formula is C18H35N. The normalized spacial score (nSPS) is 32.2. The van der Waals surface area contributed by atoms with Gasteiger partial charge < -0.3 is 5.32 Å². The molecular weight excluding hydrogens is 230 g/mol. The third-order valence-corrected chi connectivity index (χ3v) is 6.60. The zero-order chi connectivity index (χ0) is 15.3. The van der Waals surface area contributed by atoms with E-state index in [1.165, 1.54) is 12.0 Å². The van der Waals surface area contributed by atoms with Gasteiger partial charge in [-0.25, -0.2) is 0 Å². The molecule has 1 heterocycles. The molecule has 0 saturated carbocycles. The van der Waals surface area contributed by atoms with Gasteiger partial charge in [0.2, 0.25) is 0 Å². The molecule has 0 aromatic carbocycles. The number of hydrogen-bond donors (Lipinski definition) is 1. The van der Waals surface area contributed by atoms with E-state index in [1.807, 2.05) is 0 Å². The van der Waals surface area contributed by atoms with Crippen molar-refractivity contribution in [3.8, 4) is 0 Å². The van der Waals surface area contributed by atoms with Gasteiger partial charge in [0, 0.05) is 12.1 Å². The summed E-state index contributed by atoms with van der Waals surface area (Å²) in [6.07, 6.45) is 1.22. The van der Waals surface area contributed by atoms with E-state index in [0.717, 1.165) is 6.54 Å². The topological polar surface area (TPSA) is 12.0 Å². The summed E-state index contributed by atoms with van der Waals surface area (Å²) in [5.41, 5.74) is 2.23. The molecule has 0 spiro atoms. The molecule has 1 aliphatic rings. The third kappa shape index (κ3) is 2.77. The highest BCUT2D eigenvalue weighted by Gasteiger charge is 2.50. The van der Waals surface area contributed by atoms with Gasteiger partial charge in [0.1, 0.15) is 0 Å². The van der Waals surface area contributed by atoms with Crippen molar-refractivity contribution in [3.05, 3.63) is 12.2 Å². The lowest BCUT2D eigenvalue weighted by Crippen LogP contribution is -2.61. The van der Waals surface area contributed by atoms with E-state index in [2.05, 4.69) is 74.2 Å². The first-order chi connectivity index (χ1) is 8.25. The van der Waals surface area contributed by atoms with Crippen molar-refractivity contribution in [3.63, 3.8) is 0 Å². The molecule has 19 heavy (non-hydrogen) atoms. The Kier molecular flexibility index (Phi) is 4.07. The molecule has 112 valence electrons. The maximum absolute atomic E-state index is 4.30. The highest BCUT2D eigenvalue weighted by Crippen LogP contribution is 2.53. The lowest BCUT2D eigenvalue weighted by atomic mass is 9.54. The minimum atomic E-state index is 0.115. The minimum absolute atomic E-state index is 0.115. The van der Waals surface area contributed by atoms with Crippen LogP contribution in [0.25, 0.3) is 0 Å². The fourth-order valence-electron chi connectivity index (χ4n) is 3.18. The lowest BCUT2D eigenvalue weighted by Gasteiger charge is -2.56. The van der Waals surface area contributed by atoms with Gasteiger partial charge in [-0.2, -0.15) is 0 Å². The van der Waals surface area contributed by atoms with Crippen molar-refractivity contribution >= 4 is 0 Å². The van der Waals surface area contributed by atoms with E-state index in [1.54, 1.807) is 0 Å². The molecule has 1 aliphatic heterocycles. The molecule has 1 heteroatoms. The minimum Gasteiger partial charge on any atom is -0.311 e. The SMILES string of the molecule is C=C(C)C1CC(C)(C)C(C)(C)CNC(C)(C)C1(C)C. The van der Waals surface area contributed by atoms with E-state index >= 15 is 0 Å². The molecule has 0 aliphatic carbocycles. The van der Waals surface area contributed by atoms with Crippen LogP contribution in [0.3, 0.4) is 0 Å². The second-order valence-corrected chi connectivity index (χ2v) is 9.07. The summed E-state index contributed by atoms with van der Waals surface area (Å²) in [5, 5.41) is 3.84. The summed E-state index contributed by atoms with van der Waals surface area (Å²) in [5.74, 6) is 0.546. The molecule has 0 aromatic heterocycles. The summed E-state index contributed by atoms with van der Waals surface area (Å²) in [6, 6.07) is 0. The second kappa shape index (κ2) is 4.62. The average molecular weight is 265 g/mol. The molecule has 1 rings (SSSR count). The number of nitrogens with one attached hydrogen (secondary N) is 1. The van der Waals surface area contributed by atoms with E-state index in [0.29, 0.717) is 11.3 Å². The average Bonchev–Trinajstić information content (AvgIpc) is 2.21. The van der Waals surface area contributed by atoms with Crippen molar-refractivity contribution in [2.24, 2.45) is 22.2 Å². The van der Waals surface area contributed by atoms with Crippen molar-refractivity contribution in [1.82, 2.24) is 5.32 Å². The lowest BCUT2D eigenvalue weighted by molar-refractivity contribution is -0.0179. The van der Waals surface area contributed by atoms with Gasteiger partial charge in [-0.1, -0.05) is 53.7 Å². The molecule has 1 atom stereocenters. The molecule has 0 radical (unpaired) electrons. The molecule has 1 fully saturated rings. The highest BCUT2D eigenvalue weighted by atomic mass is 15.0. The van der Waals surface area contributed by atoms with Gasteiger partial charge in [0.15, 0.2) is 0 Å². The summed E-state index contributed by atoms with van der Waals surface area (Å²) >= 11 is 0. The Morgan fingerprint density at radius 3 is 1.84 bits per heavy atom. The molecule has 1 nitrogen and oxygen atoms in total. The Bertz CT molecular complexity index is 356. The van der Waals surface area contributed by atoms with E-state index in [-0.39, 0.29) is 16.4 Å². The van der Waals surface area contributed by atoms with Gasteiger partial charge in [0.05, 0.1) is 0 Å². The van der Waals surface area contributed by atoms with Gasteiger partial charge in [0.25, 0.3) is 0 Å². The summed E-state index contributed by atoms with van der Waals surface area (Å²) < 4.78 is 0. The van der Waals surface area contributed by atoms with E-state index in [4.69, 9.17) is 0 Å². The Balaban J connectivity index is 3.30. The largest absolute Gasteiger partial charge is 0.311 e. The molecule has 0 bridgehead atoms. The zero-order valence-corrected chi connectivity index (χ0v) is 14.7. The molecule has 1 unspecified atom stereocenters. The van der Waals surface area contributed by atoms with Gasteiger partial charge in [-0.05, 0) is 49.4 Å². The predicted octanol–water partition coefficient (Wildman–Crippen LogP) is 5.03. The van der Waals surface area contributed by atoms with Crippen LogP contribution in [0.5, 0.6) is 0 Å². The Morgan fingerprint density at radius 2 is 1.42 bits per heavy atom. The van der Waals surface area contributed by atoms with Crippen LogP contribution < -0.4 is 5.32 Å². The predicted molar refractivity (Wildman–Crippen MR) is 86.3 cm³/mol. The Hall–Kier alpha value is -0.300. The summed E-state index contributed by atoms with van der Waals surface area (Å²) in [4.78, 5) is 0. The smallest absolute Gasteiger partial charge is 0.0182 e. The highest BCUT2D eigenvalue weighted by molar-refractivity contribution is 5.13. The number of rotatable bonds is 1. The first-order valence-electron chi connectivity index (χ1n) is 7.65. The second-order valence-electron chi connectivity index (χ2n) is 9.07. The molecule has 1 saturated heterocycles. The summed E-state index contributed by atoms with van der Waals surface area (Å²) in [7, 11) is 0. The van der Waals surface area contributed by atoms with Crippen LogP contribution in [0.2, 0.25) is 0 Å². The van der Waals surface area contributed by atoms with Gasteiger partial charge in [-0.3, -0.25) is 0 Å². The quantitative estimate of drug-likeness (QED) is 0.656. The Labute approximate surface area is 121 Å². The monoisotopic (exact) mass is 265 g/mol. The van der Waals surface area contributed by atoms with Crippen LogP contribution in [0.15, 0.2) is 12.2 Å². The van der Waals surface area contributed by atoms with Crippen LogP contribution in [-0.2, 0) is 0 Å². The first-order valence-corrected chi connectivity index (χ1v) is 7.65. The van der Waals surface area contributed by atoms with Gasteiger partial charge in [-0.15, -0.1) is 0 Å². The molecule has 0 aromatic rings. The van der Waals surface area contributed by atoms with Crippen molar-refractivity contribution < 1.29 is 0 Å².